The minimum absolute atomic E-state index is 0.0666. The number of nitrogens with one attached hydrogen (secondary N) is 1. The fourth-order valence-corrected chi connectivity index (χ4v) is 3.33. The van der Waals surface area contributed by atoms with Crippen LogP contribution in [0.3, 0.4) is 0 Å². The molecule has 2 saturated heterocycles. The summed E-state index contributed by atoms with van der Waals surface area (Å²) in [5.74, 6) is 0.645. The fourth-order valence-electron chi connectivity index (χ4n) is 2.85. The summed E-state index contributed by atoms with van der Waals surface area (Å²) >= 11 is 0. The van der Waals surface area contributed by atoms with Gasteiger partial charge in [-0.05, 0) is 46.2 Å². The van der Waals surface area contributed by atoms with Crippen molar-refractivity contribution in [3.8, 4) is 0 Å². The van der Waals surface area contributed by atoms with Crippen LogP contribution in [0.15, 0.2) is 29.2 Å². The van der Waals surface area contributed by atoms with E-state index in [9.17, 15) is 13.2 Å². The topological polar surface area (TPSA) is 95.9 Å². The second-order valence-electron chi connectivity index (χ2n) is 7.78. The Balaban J connectivity index is 0.000000197. The van der Waals surface area contributed by atoms with Crippen LogP contribution in [0.4, 0.5) is 4.79 Å². The Morgan fingerprint density at radius 3 is 2.31 bits per heavy atom. The maximum Gasteiger partial charge on any atom is 0.410 e. The van der Waals surface area contributed by atoms with Crippen molar-refractivity contribution in [2.75, 3.05) is 19.6 Å². The van der Waals surface area contributed by atoms with Gasteiger partial charge in [0, 0.05) is 31.6 Å². The molecule has 2 aliphatic rings. The van der Waals surface area contributed by atoms with Crippen molar-refractivity contribution < 1.29 is 22.5 Å². The zero-order valence-electron chi connectivity index (χ0n) is 15.7. The lowest BCUT2D eigenvalue weighted by Gasteiger charge is -2.46. The number of amides is 1. The van der Waals surface area contributed by atoms with Crippen molar-refractivity contribution in [1.29, 1.82) is 0 Å². The van der Waals surface area contributed by atoms with Crippen LogP contribution in [0, 0.1) is 12.8 Å². The molecule has 1 aromatic rings. The molecule has 2 aliphatic heterocycles. The van der Waals surface area contributed by atoms with Crippen LogP contribution in [-0.2, 0) is 14.9 Å². The van der Waals surface area contributed by atoms with Crippen LogP contribution in [0.1, 0.15) is 32.8 Å². The van der Waals surface area contributed by atoms with Gasteiger partial charge in [0.15, 0.2) is 0 Å². The lowest BCUT2D eigenvalue weighted by Crippen LogP contribution is -2.62. The van der Waals surface area contributed by atoms with E-state index >= 15 is 0 Å². The summed E-state index contributed by atoms with van der Waals surface area (Å²) in [4.78, 5) is 13.5. The van der Waals surface area contributed by atoms with Crippen LogP contribution >= 0.6 is 0 Å². The van der Waals surface area contributed by atoms with Crippen molar-refractivity contribution in [3.63, 3.8) is 0 Å². The van der Waals surface area contributed by atoms with Gasteiger partial charge in [0.2, 0.25) is 0 Å². The van der Waals surface area contributed by atoms with Gasteiger partial charge in [0.25, 0.3) is 10.1 Å². The number of carbonyl (C=O) groups excluding carboxylic acids is 1. The molecule has 0 aliphatic carbocycles. The van der Waals surface area contributed by atoms with Gasteiger partial charge in [0.1, 0.15) is 5.60 Å². The molecule has 7 nitrogen and oxygen atoms in total. The van der Waals surface area contributed by atoms with E-state index in [1.165, 1.54) is 12.1 Å². The maximum atomic E-state index is 11.8. The van der Waals surface area contributed by atoms with Crippen molar-refractivity contribution in [2.24, 2.45) is 5.92 Å². The highest BCUT2D eigenvalue weighted by molar-refractivity contribution is 7.85. The highest BCUT2D eigenvalue weighted by Crippen LogP contribution is 2.24. The summed E-state index contributed by atoms with van der Waals surface area (Å²) in [5, 5.41) is 3.38. The molecule has 2 fully saturated rings. The van der Waals surface area contributed by atoms with Crippen molar-refractivity contribution in [2.45, 2.75) is 50.7 Å². The number of nitrogens with zero attached hydrogens (tertiary/aromatic N) is 1. The van der Waals surface area contributed by atoms with Crippen LogP contribution in [-0.4, -0.2) is 55.2 Å². The number of fused-ring (bicyclic) bond motifs is 1. The summed E-state index contributed by atoms with van der Waals surface area (Å²) in [7, 11) is -4.02. The van der Waals surface area contributed by atoms with Gasteiger partial charge in [0.05, 0.1) is 4.90 Å². The van der Waals surface area contributed by atoms with Crippen molar-refractivity contribution in [1.82, 2.24) is 10.2 Å². The third-order valence-electron chi connectivity index (χ3n) is 4.35. The molecule has 26 heavy (non-hydrogen) atoms. The van der Waals surface area contributed by atoms with Gasteiger partial charge in [-0.15, -0.1) is 0 Å². The normalized spacial score (nSPS) is 22.4. The van der Waals surface area contributed by atoms with Gasteiger partial charge in [-0.2, -0.15) is 8.42 Å². The van der Waals surface area contributed by atoms with Crippen molar-refractivity contribution >= 4 is 16.2 Å². The highest BCUT2D eigenvalue weighted by atomic mass is 32.2. The first-order chi connectivity index (χ1) is 12.0. The molecular weight excluding hydrogens is 356 g/mol. The third kappa shape index (κ3) is 5.96. The number of rotatable bonds is 1. The summed E-state index contributed by atoms with van der Waals surface area (Å²) in [5.41, 5.74) is 0.573. The van der Waals surface area contributed by atoms with E-state index in [2.05, 4.69) is 5.32 Å². The Morgan fingerprint density at radius 2 is 1.88 bits per heavy atom. The predicted molar refractivity (Wildman–Crippen MR) is 98.7 cm³/mol. The molecule has 0 unspecified atom stereocenters. The van der Waals surface area contributed by atoms with E-state index in [1.54, 1.807) is 12.1 Å². The molecule has 0 spiro atoms. The fraction of sp³-hybridized carbons (Fsp3) is 0.611. The summed E-state index contributed by atoms with van der Waals surface area (Å²) in [6, 6.07) is 6.63. The Labute approximate surface area is 155 Å². The first kappa shape index (κ1) is 20.7. The molecule has 2 N–H and O–H groups in total. The first-order valence-electron chi connectivity index (χ1n) is 8.71. The van der Waals surface area contributed by atoms with E-state index < -0.39 is 10.1 Å². The SMILES string of the molecule is CC(C)(C)OC(=O)N1CC[C@H]2NC[C@H]2C1.Cc1ccc(S(=O)(=O)O)cc1. The molecular formula is C18H28N2O5S. The summed E-state index contributed by atoms with van der Waals surface area (Å²) < 4.78 is 34.9. The number of benzene rings is 1. The number of hydrogen-bond donors (Lipinski definition) is 2. The number of piperidine rings is 1. The average molecular weight is 384 g/mol. The number of likely N-dealkylation sites (tertiary alicyclic amines) is 1. The number of aryl methyl sites for hydroxylation is 1. The van der Waals surface area contributed by atoms with Gasteiger partial charge in [-0.25, -0.2) is 4.79 Å². The zero-order valence-corrected chi connectivity index (χ0v) is 16.5. The molecule has 2 atom stereocenters. The molecule has 0 aromatic heterocycles. The number of ether oxygens (including phenoxy) is 1. The number of hydrogen-bond acceptors (Lipinski definition) is 5. The van der Waals surface area contributed by atoms with Crippen LogP contribution in [0.2, 0.25) is 0 Å². The predicted octanol–water partition coefficient (Wildman–Crippen LogP) is 2.46. The van der Waals surface area contributed by atoms with Crippen molar-refractivity contribution in [3.05, 3.63) is 29.8 Å². The quantitative estimate of drug-likeness (QED) is 0.722. The molecule has 0 saturated carbocycles. The number of carbonyl (C=O) groups is 1. The third-order valence-corrected chi connectivity index (χ3v) is 5.21. The molecule has 3 rings (SSSR count). The molecule has 2 heterocycles. The second-order valence-corrected chi connectivity index (χ2v) is 9.20. The molecule has 1 aromatic carbocycles. The first-order valence-corrected chi connectivity index (χ1v) is 10.2. The largest absolute Gasteiger partial charge is 0.444 e. The Hall–Kier alpha value is -1.64. The van der Waals surface area contributed by atoms with Crippen LogP contribution < -0.4 is 5.32 Å². The Kier molecular flexibility index (Phi) is 6.31. The van der Waals surface area contributed by atoms with Crippen LogP contribution in [0.25, 0.3) is 0 Å². The van der Waals surface area contributed by atoms with E-state index in [0.29, 0.717) is 12.0 Å². The van der Waals surface area contributed by atoms with Crippen LogP contribution in [0.5, 0.6) is 0 Å². The minimum atomic E-state index is -4.02. The van der Waals surface area contributed by atoms with Gasteiger partial charge < -0.3 is 15.0 Å². The van der Waals surface area contributed by atoms with Gasteiger partial charge in [-0.3, -0.25) is 4.55 Å². The lowest BCUT2D eigenvalue weighted by molar-refractivity contribution is 0.00492. The van der Waals surface area contributed by atoms with E-state index in [1.807, 2.05) is 32.6 Å². The molecule has 1 amide bonds. The van der Waals surface area contributed by atoms with E-state index in [4.69, 9.17) is 9.29 Å². The van der Waals surface area contributed by atoms with Gasteiger partial charge in [-0.1, -0.05) is 17.7 Å². The smallest absolute Gasteiger partial charge is 0.410 e. The molecule has 8 heteroatoms. The molecule has 146 valence electrons. The van der Waals surface area contributed by atoms with E-state index in [0.717, 1.165) is 31.6 Å². The van der Waals surface area contributed by atoms with Gasteiger partial charge >= 0.3 is 6.09 Å². The second kappa shape index (κ2) is 7.94. The molecule has 0 bridgehead atoms. The lowest BCUT2D eigenvalue weighted by atomic mass is 9.85. The Morgan fingerprint density at radius 1 is 1.27 bits per heavy atom. The monoisotopic (exact) mass is 384 g/mol. The standard InChI is InChI=1S/C11H20N2O2.C7H8O3S/c1-11(2,3)15-10(14)13-5-4-9-8(7-13)6-12-9;1-6-2-4-7(5-3-6)11(8,9)10/h8-9,12H,4-7H2,1-3H3;2-5H,1H3,(H,8,9,10)/t8-,9+;/m0./s1. The molecule has 0 radical (unpaired) electrons. The zero-order chi connectivity index (χ0) is 19.5. The highest BCUT2D eigenvalue weighted by Gasteiger charge is 2.38. The van der Waals surface area contributed by atoms with E-state index in [-0.39, 0.29) is 16.6 Å². The minimum Gasteiger partial charge on any atom is -0.444 e. The maximum absolute atomic E-state index is 11.8. The Bertz CT molecular complexity index is 725. The summed E-state index contributed by atoms with van der Waals surface area (Å²) in [6.45, 7) is 10.3. The summed E-state index contributed by atoms with van der Waals surface area (Å²) in [6.07, 6.45) is 0.900. The average Bonchev–Trinajstić information content (AvgIpc) is 2.47.